The van der Waals surface area contributed by atoms with Crippen LogP contribution in [0.4, 0.5) is 0 Å². The SMILES string of the molecule is COc1ccc(C2=NN(C(=O)CSc3n[nH]c(-c4ccncc4)n3)[C@H](c3ccco3)C2)cc1. The number of furan rings is 1. The van der Waals surface area contributed by atoms with Crippen LogP contribution in [0, 0.1) is 0 Å². The topological polar surface area (TPSA) is 110 Å². The predicted octanol–water partition coefficient (Wildman–Crippen LogP) is 3.94. The number of methoxy groups -OCH3 is 1. The second-order valence-corrected chi connectivity index (χ2v) is 8.18. The van der Waals surface area contributed by atoms with Gasteiger partial charge in [0.25, 0.3) is 5.91 Å². The van der Waals surface area contributed by atoms with E-state index < -0.39 is 0 Å². The number of rotatable bonds is 7. The summed E-state index contributed by atoms with van der Waals surface area (Å²) in [5, 5.41) is 13.7. The summed E-state index contributed by atoms with van der Waals surface area (Å²) < 4.78 is 10.8. The van der Waals surface area contributed by atoms with Gasteiger partial charge in [-0.2, -0.15) is 5.10 Å². The van der Waals surface area contributed by atoms with Crippen LogP contribution in [0.5, 0.6) is 5.75 Å². The molecule has 4 aromatic rings. The molecule has 0 saturated carbocycles. The van der Waals surface area contributed by atoms with Gasteiger partial charge in [-0.3, -0.25) is 14.9 Å². The number of hydrogen-bond acceptors (Lipinski definition) is 8. The monoisotopic (exact) mass is 460 g/mol. The maximum absolute atomic E-state index is 13.1. The number of aromatic amines is 1. The first-order valence-electron chi connectivity index (χ1n) is 10.2. The van der Waals surface area contributed by atoms with E-state index in [1.807, 2.05) is 48.5 Å². The van der Waals surface area contributed by atoms with Crippen molar-refractivity contribution in [2.45, 2.75) is 17.6 Å². The molecule has 1 aliphatic rings. The van der Waals surface area contributed by atoms with Gasteiger partial charge in [-0.25, -0.2) is 9.99 Å². The van der Waals surface area contributed by atoms with Gasteiger partial charge in [-0.05, 0) is 54.1 Å². The van der Waals surface area contributed by atoms with Gasteiger partial charge >= 0.3 is 0 Å². The summed E-state index contributed by atoms with van der Waals surface area (Å²) in [4.78, 5) is 21.6. The van der Waals surface area contributed by atoms with Crippen molar-refractivity contribution in [1.29, 1.82) is 0 Å². The second kappa shape index (κ2) is 9.29. The molecule has 4 heterocycles. The minimum absolute atomic E-state index is 0.143. The van der Waals surface area contributed by atoms with E-state index in [0.29, 0.717) is 23.2 Å². The van der Waals surface area contributed by atoms with Gasteiger partial charge in [0.1, 0.15) is 17.6 Å². The highest BCUT2D eigenvalue weighted by molar-refractivity contribution is 7.99. The quantitative estimate of drug-likeness (QED) is 0.416. The molecule has 1 N–H and O–H groups in total. The number of ether oxygens (including phenoxy) is 1. The van der Waals surface area contributed by atoms with Crippen molar-refractivity contribution in [3.8, 4) is 17.1 Å². The minimum atomic E-state index is -0.301. The highest BCUT2D eigenvalue weighted by Gasteiger charge is 2.34. The number of carbonyl (C=O) groups excluding carboxylic acids is 1. The van der Waals surface area contributed by atoms with E-state index in [1.54, 1.807) is 25.8 Å². The normalized spacial score (nSPS) is 15.5. The van der Waals surface area contributed by atoms with Gasteiger partial charge in [-0.15, -0.1) is 5.10 Å². The summed E-state index contributed by atoms with van der Waals surface area (Å²) in [5.41, 5.74) is 2.63. The van der Waals surface area contributed by atoms with Crippen LogP contribution in [0.1, 0.15) is 23.8 Å². The Labute approximate surface area is 193 Å². The molecule has 0 unspecified atom stereocenters. The predicted molar refractivity (Wildman–Crippen MR) is 123 cm³/mol. The number of thioether (sulfide) groups is 1. The molecule has 1 aromatic carbocycles. The fourth-order valence-electron chi connectivity index (χ4n) is 3.54. The maximum Gasteiger partial charge on any atom is 0.253 e. The third kappa shape index (κ3) is 4.51. The van der Waals surface area contributed by atoms with Crippen molar-refractivity contribution >= 4 is 23.4 Å². The van der Waals surface area contributed by atoms with Crippen LogP contribution in [0.3, 0.4) is 0 Å². The molecule has 166 valence electrons. The molecule has 0 bridgehead atoms. The molecule has 0 spiro atoms. The average molecular weight is 461 g/mol. The largest absolute Gasteiger partial charge is 0.497 e. The van der Waals surface area contributed by atoms with Gasteiger partial charge in [0.15, 0.2) is 5.82 Å². The third-order valence-corrected chi connectivity index (χ3v) is 6.04. The van der Waals surface area contributed by atoms with E-state index >= 15 is 0 Å². The molecule has 9 nitrogen and oxygen atoms in total. The van der Waals surface area contributed by atoms with E-state index in [-0.39, 0.29) is 17.7 Å². The van der Waals surface area contributed by atoms with Crippen LogP contribution in [0.25, 0.3) is 11.4 Å². The first-order valence-corrected chi connectivity index (χ1v) is 11.2. The molecule has 33 heavy (non-hydrogen) atoms. The van der Waals surface area contributed by atoms with Gasteiger partial charge in [0, 0.05) is 24.4 Å². The molecule has 0 radical (unpaired) electrons. The van der Waals surface area contributed by atoms with Crippen LogP contribution >= 0.6 is 11.8 Å². The minimum Gasteiger partial charge on any atom is -0.497 e. The highest BCUT2D eigenvalue weighted by atomic mass is 32.2. The number of carbonyl (C=O) groups is 1. The summed E-state index contributed by atoms with van der Waals surface area (Å²) in [7, 11) is 1.63. The summed E-state index contributed by atoms with van der Waals surface area (Å²) >= 11 is 1.26. The standard InChI is InChI=1S/C23H20N6O3S/c1-31-17-6-4-15(5-7-17)18-13-19(20-3-2-12-32-20)29(28-18)21(30)14-33-23-25-22(26-27-23)16-8-10-24-11-9-16/h2-12,19H,13-14H2,1H3,(H,25,26,27)/t19-/m0/s1. The Morgan fingerprint density at radius 3 is 2.73 bits per heavy atom. The van der Waals surface area contributed by atoms with Crippen LogP contribution in [-0.4, -0.2) is 49.7 Å². The number of amides is 1. The fraction of sp³-hybridized carbons (Fsp3) is 0.174. The molecule has 3 aromatic heterocycles. The smallest absolute Gasteiger partial charge is 0.253 e. The molecular weight excluding hydrogens is 440 g/mol. The Hall–Kier alpha value is -3.92. The van der Waals surface area contributed by atoms with Crippen molar-refractivity contribution in [1.82, 2.24) is 25.2 Å². The lowest BCUT2D eigenvalue weighted by Crippen LogP contribution is -2.28. The van der Waals surface area contributed by atoms with Crippen molar-refractivity contribution in [3.05, 3.63) is 78.5 Å². The maximum atomic E-state index is 13.1. The lowest BCUT2D eigenvalue weighted by molar-refractivity contribution is -0.130. The van der Waals surface area contributed by atoms with Crippen molar-refractivity contribution < 1.29 is 13.9 Å². The zero-order valence-corrected chi connectivity index (χ0v) is 18.5. The summed E-state index contributed by atoms with van der Waals surface area (Å²) in [5.74, 6) is 2.08. The Kier molecular flexibility index (Phi) is 5.90. The Balaban J connectivity index is 1.32. The second-order valence-electron chi connectivity index (χ2n) is 7.24. The zero-order valence-electron chi connectivity index (χ0n) is 17.7. The number of pyridine rings is 1. The van der Waals surface area contributed by atoms with E-state index in [9.17, 15) is 4.79 Å². The number of nitrogens with one attached hydrogen (secondary N) is 1. The summed E-state index contributed by atoms with van der Waals surface area (Å²) in [6.45, 7) is 0. The van der Waals surface area contributed by atoms with Crippen molar-refractivity contribution in [2.24, 2.45) is 5.10 Å². The molecule has 5 rings (SSSR count). The lowest BCUT2D eigenvalue weighted by Gasteiger charge is -2.19. The Bertz CT molecular complexity index is 1260. The van der Waals surface area contributed by atoms with Crippen LogP contribution in [0.2, 0.25) is 0 Å². The first kappa shape index (κ1) is 21.0. The van der Waals surface area contributed by atoms with E-state index in [4.69, 9.17) is 9.15 Å². The number of hydrazone groups is 1. The van der Waals surface area contributed by atoms with Crippen LogP contribution in [0.15, 0.2) is 81.9 Å². The molecule has 1 aliphatic heterocycles. The number of hydrogen-bond donors (Lipinski definition) is 1. The molecule has 1 atom stereocenters. The average Bonchev–Trinajstić information content (AvgIpc) is 3.64. The van der Waals surface area contributed by atoms with E-state index in [1.165, 1.54) is 16.8 Å². The molecule has 0 aliphatic carbocycles. The number of nitrogens with zero attached hydrogens (tertiary/aromatic N) is 5. The van der Waals surface area contributed by atoms with Crippen molar-refractivity contribution in [2.75, 3.05) is 12.9 Å². The fourth-order valence-corrected chi connectivity index (χ4v) is 4.19. The molecule has 0 fully saturated rings. The third-order valence-electron chi connectivity index (χ3n) is 5.20. The van der Waals surface area contributed by atoms with Gasteiger partial charge < -0.3 is 9.15 Å². The number of aromatic nitrogens is 4. The van der Waals surface area contributed by atoms with Crippen LogP contribution < -0.4 is 4.74 Å². The van der Waals surface area contributed by atoms with Gasteiger partial charge in [-0.1, -0.05) is 11.8 Å². The number of benzene rings is 1. The molecule has 1 amide bonds. The van der Waals surface area contributed by atoms with Gasteiger partial charge in [0.2, 0.25) is 5.16 Å². The number of H-pyrrole nitrogens is 1. The highest BCUT2D eigenvalue weighted by Crippen LogP contribution is 2.34. The zero-order chi connectivity index (χ0) is 22.6. The van der Waals surface area contributed by atoms with Crippen molar-refractivity contribution in [3.63, 3.8) is 0 Å². The molecule has 10 heteroatoms. The Morgan fingerprint density at radius 1 is 1.18 bits per heavy atom. The summed E-state index contributed by atoms with van der Waals surface area (Å²) in [6, 6.07) is 14.7. The molecule has 0 saturated heterocycles. The van der Waals surface area contributed by atoms with E-state index in [2.05, 4.69) is 25.3 Å². The van der Waals surface area contributed by atoms with E-state index in [0.717, 1.165) is 22.6 Å². The van der Waals surface area contributed by atoms with Crippen LogP contribution in [-0.2, 0) is 4.79 Å². The molecular formula is C23H20N6O3S. The lowest BCUT2D eigenvalue weighted by atomic mass is 10.0. The first-order chi connectivity index (χ1) is 16.2. The Morgan fingerprint density at radius 2 is 2.00 bits per heavy atom. The summed E-state index contributed by atoms with van der Waals surface area (Å²) in [6.07, 6.45) is 5.54. The van der Waals surface area contributed by atoms with Gasteiger partial charge in [0.05, 0.1) is 24.8 Å².